The summed E-state index contributed by atoms with van der Waals surface area (Å²) in [4.78, 5) is 10.8. The molecule has 0 fully saturated rings. The van der Waals surface area contributed by atoms with Gasteiger partial charge in [0.1, 0.15) is 23.0 Å². The van der Waals surface area contributed by atoms with Crippen LogP contribution >= 0.6 is 0 Å². The zero-order valence-corrected chi connectivity index (χ0v) is 35.1. The quantitative estimate of drug-likeness (QED) is 0.122. The summed E-state index contributed by atoms with van der Waals surface area (Å²) in [6, 6.07) is 26.1. The second-order valence-corrected chi connectivity index (χ2v) is 16.8. The molecule has 0 aliphatic heterocycles. The van der Waals surface area contributed by atoms with Crippen LogP contribution in [0, 0.1) is 29.6 Å². The number of ketones is 1. The van der Waals surface area contributed by atoms with E-state index < -0.39 is 0 Å². The second kappa shape index (κ2) is 23.9. The number of carbonyl (C=O) groups is 1. The summed E-state index contributed by atoms with van der Waals surface area (Å²) in [7, 11) is 0. The Morgan fingerprint density at radius 1 is 0.455 bits per heavy atom. The average molecular weight is 751 g/mol. The molecular formula is C50H70O5. The minimum absolute atomic E-state index is 0. The third-order valence-electron chi connectivity index (χ3n) is 8.55. The molecule has 300 valence electrons. The monoisotopic (exact) mass is 751 g/mol. The van der Waals surface area contributed by atoms with Gasteiger partial charge in [0.05, 0.1) is 0 Å². The number of carbonyl (C=O) groups excluding carboxylic acids is 1. The summed E-state index contributed by atoms with van der Waals surface area (Å²) < 4.78 is 0. The van der Waals surface area contributed by atoms with Crippen LogP contribution in [-0.4, -0.2) is 26.2 Å². The zero-order valence-electron chi connectivity index (χ0n) is 35.1. The van der Waals surface area contributed by atoms with Crippen LogP contribution in [0.4, 0.5) is 0 Å². The first-order valence-electron chi connectivity index (χ1n) is 20.0. The standard InChI is InChI=1S/C20H26O2.3C10H14O.H2/c1-13(2)9-15-5-7-19(21)17(11-15)18-12-16(10-14(3)4)6-8-20(18)22;3*1-8(2)7-9-3-5-10(11)6-4-9;/h5-8,11-14,21-22H,9-10H2,1-4H3;3-5,8H,6-7H2,1-2H3;2*3-6,8,11H,7H2,1-2H3;1H. The average Bonchev–Trinajstić information content (AvgIpc) is 3.09. The lowest BCUT2D eigenvalue weighted by Gasteiger charge is -2.13. The number of hydrogen-bond donors (Lipinski definition) is 4. The van der Waals surface area contributed by atoms with E-state index >= 15 is 0 Å². The minimum atomic E-state index is 0. The minimum Gasteiger partial charge on any atom is -0.508 e. The highest BCUT2D eigenvalue weighted by atomic mass is 16.3. The van der Waals surface area contributed by atoms with Gasteiger partial charge in [-0.1, -0.05) is 123 Å². The van der Waals surface area contributed by atoms with E-state index in [2.05, 4.69) is 69.2 Å². The lowest BCUT2D eigenvalue weighted by atomic mass is 9.94. The molecule has 0 heterocycles. The van der Waals surface area contributed by atoms with Crippen LogP contribution in [0.2, 0.25) is 0 Å². The molecule has 0 saturated heterocycles. The first-order chi connectivity index (χ1) is 25.9. The van der Waals surface area contributed by atoms with Crippen LogP contribution in [0.15, 0.2) is 109 Å². The molecule has 55 heavy (non-hydrogen) atoms. The lowest BCUT2D eigenvalue weighted by Crippen LogP contribution is -1.98. The Hall–Kier alpha value is -4.77. The van der Waals surface area contributed by atoms with Crippen molar-refractivity contribution in [1.29, 1.82) is 0 Å². The molecule has 5 nitrogen and oxygen atoms in total. The van der Waals surface area contributed by atoms with Crippen molar-refractivity contribution in [1.82, 2.24) is 0 Å². The van der Waals surface area contributed by atoms with Gasteiger partial charge in [-0.05, 0) is 139 Å². The maximum Gasteiger partial charge on any atom is 0.159 e. The molecule has 5 rings (SSSR count). The van der Waals surface area contributed by atoms with Crippen molar-refractivity contribution in [3.05, 3.63) is 131 Å². The van der Waals surface area contributed by atoms with Crippen molar-refractivity contribution in [3.8, 4) is 34.1 Å². The van der Waals surface area contributed by atoms with Gasteiger partial charge in [0.25, 0.3) is 0 Å². The number of rotatable bonds is 11. The van der Waals surface area contributed by atoms with Gasteiger partial charge >= 0.3 is 0 Å². The molecular weight excluding hydrogens is 681 g/mol. The van der Waals surface area contributed by atoms with E-state index in [1.807, 2.05) is 60.7 Å². The van der Waals surface area contributed by atoms with E-state index in [4.69, 9.17) is 10.2 Å². The molecule has 0 bridgehead atoms. The molecule has 0 amide bonds. The van der Waals surface area contributed by atoms with E-state index in [1.165, 1.54) is 27.8 Å². The van der Waals surface area contributed by atoms with E-state index in [0.29, 0.717) is 58.6 Å². The molecule has 4 N–H and O–H groups in total. The molecule has 1 aliphatic carbocycles. The molecule has 4 aromatic carbocycles. The molecule has 4 aromatic rings. The number of phenols is 4. The van der Waals surface area contributed by atoms with Gasteiger partial charge in [0, 0.05) is 19.0 Å². The van der Waals surface area contributed by atoms with Crippen molar-refractivity contribution < 1.29 is 26.6 Å². The molecule has 0 atom stereocenters. The summed E-state index contributed by atoms with van der Waals surface area (Å²) in [5.74, 6) is 4.48. The Balaban J connectivity index is 0.000000395. The normalized spacial score (nSPS) is 12.2. The third-order valence-corrected chi connectivity index (χ3v) is 8.55. The van der Waals surface area contributed by atoms with Gasteiger partial charge in [0.15, 0.2) is 5.78 Å². The summed E-state index contributed by atoms with van der Waals surface area (Å²) >= 11 is 0. The Bertz CT molecular complexity index is 1670. The van der Waals surface area contributed by atoms with Crippen LogP contribution in [0.25, 0.3) is 11.1 Å². The fourth-order valence-corrected chi connectivity index (χ4v) is 6.19. The van der Waals surface area contributed by atoms with Crippen molar-refractivity contribution in [3.63, 3.8) is 0 Å². The van der Waals surface area contributed by atoms with Crippen LogP contribution in [0.3, 0.4) is 0 Å². The van der Waals surface area contributed by atoms with Crippen molar-refractivity contribution >= 4 is 5.78 Å². The predicted octanol–water partition coefficient (Wildman–Crippen LogP) is 13.1. The van der Waals surface area contributed by atoms with Crippen LogP contribution in [0.5, 0.6) is 23.0 Å². The Morgan fingerprint density at radius 3 is 1.09 bits per heavy atom. The number of benzene rings is 4. The molecule has 0 saturated carbocycles. The van der Waals surface area contributed by atoms with Crippen LogP contribution in [0.1, 0.15) is 106 Å². The number of aromatic hydroxyl groups is 4. The second-order valence-electron chi connectivity index (χ2n) is 16.8. The van der Waals surface area contributed by atoms with Gasteiger partial charge in [0.2, 0.25) is 0 Å². The van der Waals surface area contributed by atoms with Gasteiger partial charge in [-0.15, -0.1) is 0 Å². The fourth-order valence-electron chi connectivity index (χ4n) is 6.19. The smallest absolute Gasteiger partial charge is 0.159 e. The van der Waals surface area contributed by atoms with Crippen molar-refractivity contribution in [2.24, 2.45) is 29.6 Å². The number of phenolic OH excluding ortho intramolecular Hbond substituents is 4. The van der Waals surface area contributed by atoms with Gasteiger partial charge in [-0.25, -0.2) is 0 Å². The Labute approximate surface area is 334 Å². The SMILES string of the molecule is CC(C)CC1=CCC(=O)C=C1.CC(C)Cc1ccc(O)c(-c2cc(CC(C)C)ccc2O)c1.CC(C)Cc1ccc(O)cc1.CC(C)Cc1ccc(O)cc1.[HH]. The highest BCUT2D eigenvalue weighted by Gasteiger charge is 2.12. The van der Waals surface area contributed by atoms with E-state index in [9.17, 15) is 15.0 Å². The molecule has 1 aliphatic rings. The maximum atomic E-state index is 10.8. The van der Waals surface area contributed by atoms with E-state index in [-0.39, 0.29) is 18.7 Å². The summed E-state index contributed by atoms with van der Waals surface area (Å²) in [6.07, 6.45) is 11.4. The first kappa shape index (κ1) is 46.4. The predicted molar refractivity (Wildman–Crippen MR) is 234 cm³/mol. The first-order valence-corrected chi connectivity index (χ1v) is 20.0. The number of hydrogen-bond acceptors (Lipinski definition) is 5. The van der Waals surface area contributed by atoms with Gasteiger partial charge in [-0.2, -0.15) is 0 Å². The largest absolute Gasteiger partial charge is 0.508 e. The third kappa shape index (κ3) is 19.4. The van der Waals surface area contributed by atoms with Crippen LogP contribution in [-0.2, 0) is 30.5 Å². The molecule has 0 aromatic heterocycles. The molecule has 0 spiro atoms. The maximum absolute atomic E-state index is 10.8. The molecule has 0 radical (unpaired) electrons. The van der Waals surface area contributed by atoms with Crippen molar-refractivity contribution in [2.75, 3.05) is 0 Å². The van der Waals surface area contributed by atoms with Gasteiger partial charge in [-0.3, -0.25) is 4.79 Å². The van der Waals surface area contributed by atoms with Gasteiger partial charge < -0.3 is 20.4 Å². The van der Waals surface area contributed by atoms with E-state index in [1.54, 1.807) is 42.5 Å². The zero-order chi connectivity index (χ0) is 41.1. The highest BCUT2D eigenvalue weighted by Crippen LogP contribution is 2.37. The summed E-state index contributed by atoms with van der Waals surface area (Å²) in [6.45, 7) is 21.8. The molecule has 0 unspecified atom stereocenters. The Morgan fingerprint density at radius 2 is 0.782 bits per heavy atom. The van der Waals surface area contributed by atoms with Crippen LogP contribution < -0.4 is 0 Å². The number of allylic oxidation sites excluding steroid dienone is 4. The lowest BCUT2D eigenvalue weighted by molar-refractivity contribution is -0.113. The fraction of sp³-hybridized carbons (Fsp3) is 0.420. The summed E-state index contributed by atoms with van der Waals surface area (Å²) in [5, 5.41) is 38.4. The molecule has 5 heteroatoms. The topological polar surface area (TPSA) is 98.0 Å². The van der Waals surface area contributed by atoms with E-state index in [0.717, 1.165) is 32.1 Å². The highest BCUT2D eigenvalue weighted by molar-refractivity contribution is 5.92. The summed E-state index contributed by atoms with van der Waals surface area (Å²) in [5.41, 5.74) is 7.66. The van der Waals surface area contributed by atoms with Crippen molar-refractivity contribution in [2.45, 2.75) is 108 Å². The Kier molecular flexibility index (Phi) is 20.2.